The summed E-state index contributed by atoms with van der Waals surface area (Å²) in [5.74, 6) is 0.664. The van der Waals surface area contributed by atoms with Gasteiger partial charge in [-0.3, -0.25) is 10.1 Å². The normalized spacial score (nSPS) is 10.2. The fourth-order valence-electron chi connectivity index (χ4n) is 1.91. The highest BCUT2D eigenvalue weighted by atomic mass is 32.1. The van der Waals surface area contributed by atoms with Crippen LogP contribution in [-0.2, 0) is 0 Å². The van der Waals surface area contributed by atoms with E-state index in [1.165, 1.54) is 11.5 Å². The topological polar surface area (TPSA) is 64.1 Å². The number of benzene rings is 2. The van der Waals surface area contributed by atoms with Crippen molar-refractivity contribution in [3.63, 3.8) is 0 Å². The Balaban J connectivity index is 1.76. The Bertz CT molecular complexity index is 787. The van der Waals surface area contributed by atoms with Gasteiger partial charge in [-0.25, -0.2) is 0 Å². The second kappa shape index (κ2) is 6.36. The van der Waals surface area contributed by atoms with Crippen molar-refractivity contribution in [3.05, 3.63) is 60.2 Å². The monoisotopic (exact) mass is 311 g/mol. The Morgan fingerprint density at radius 2 is 1.95 bits per heavy atom. The summed E-state index contributed by atoms with van der Waals surface area (Å²) < 4.78 is 9.28. The molecule has 2 aromatic carbocycles. The molecule has 3 rings (SSSR count). The Labute approximate surface area is 131 Å². The lowest BCUT2D eigenvalue weighted by Crippen LogP contribution is -2.12. The van der Waals surface area contributed by atoms with Crippen LogP contribution >= 0.6 is 11.5 Å². The molecule has 0 bridgehead atoms. The molecule has 0 unspecified atom stereocenters. The van der Waals surface area contributed by atoms with Gasteiger partial charge in [0, 0.05) is 11.1 Å². The largest absolute Gasteiger partial charge is 0.497 e. The lowest BCUT2D eigenvalue weighted by molar-refractivity contribution is 0.102. The molecule has 0 aliphatic carbocycles. The quantitative estimate of drug-likeness (QED) is 0.801. The van der Waals surface area contributed by atoms with Gasteiger partial charge in [0.1, 0.15) is 10.8 Å². The number of methoxy groups -OCH3 is 1. The van der Waals surface area contributed by atoms with Crippen LogP contribution in [0.1, 0.15) is 10.4 Å². The molecule has 1 N–H and O–H groups in total. The highest BCUT2D eigenvalue weighted by Gasteiger charge is 2.11. The van der Waals surface area contributed by atoms with E-state index in [9.17, 15) is 4.79 Å². The third-order valence-electron chi connectivity index (χ3n) is 3.00. The van der Waals surface area contributed by atoms with Gasteiger partial charge in [-0.1, -0.05) is 36.4 Å². The summed E-state index contributed by atoms with van der Waals surface area (Å²) in [5, 5.41) is 3.46. The zero-order chi connectivity index (χ0) is 15.4. The molecule has 0 aliphatic rings. The maximum atomic E-state index is 12.2. The number of amides is 1. The zero-order valence-electron chi connectivity index (χ0n) is 11.8. The predicted molar refractivity (Wildman–Crippen MR) is 86.3 cm³/mol. The van der Waals surface area contributed by atoms with E-state index in [0.29, 0.717) is 17.3 Å². The zero-order valence-corrected chi connectivity index (χ0v) is 12.6. The van der Waals surface area contributed by atoms with E-state index in [1.807, 2.05) is 30.3 Å². The van der Waals surface area contributed by atoms with Crippen molar-refractivity contribution in [2.45, 2.75) is 0 Å². The van der Waals surface area contributed by atoms with Crippen molar-refractivity contribution >= 4 is 23.4 Å². The first-order valence-corrected chi connectivity index (χ1v) is 7.38. The molecule has 0 aliphatic heterocycles. The maximum absolute atomic E-state index is 12.2. The van der Waals surface area contributed by atoms with E-state index in [0.717, 1.165) is 10.6 Å². The van der Waals surface area contributed by atoms with Gasteiger partial charge in [0.2, 0.25) is 5.95 Å². The number of aromatic nitrogens is 2. The van der Waals surface area contributed by atoms with Gasteiger partial charge in [0.15, 0.2) is 0 Å². The molecule has 0 atom stereocenters. The molecule has 110 valence electrons. The van der Waals surface area contributed by atoms with Crippen LogP contribution in [0.4, 0.5) is 5.95 Å². The van der Waals surface area contributed by atoms with Crippen LogP contribution in [-0.4, -0.2) is 22.4 Å². The van der Waals surface area contributed by atoms with E-state index in [4.69, 9.17) is 4.74 Å². The van der Waals surface area contributed by atoms with Crippen molar-refractivity contribution in [1.29, 1.82) is 0 Å². The lowest BCUT2D eigenvalue weighted by atomic mass is 10.2. The fraction of sp³-hybridized carbons (Fsp3) is 0.0625. The Kier molecular flexibility index (Phi) is 4.11. The van der Waals surface area contributed by atoms with E-state index in [-0.39, 0.29) is 5.91 Å². The molecular formula is C16H13N3O2S. The van der Waals surface area contributed by atoms with Crippen LogP contribution < -0.4 is 10.1 Å². The van der Waals surface area contributed by atoms with Crippen LogP contribution in [0, 0.1) is 0 Å². The van der Waals surface area contributed by atoms with Crippen molar-refractivity contribution in [1.82, 2.24) is 9.36 Å². The molecule has 3 aromatic rings. The average Bonchev–Trinajstić information content (AvgIpc) is 3.04. The minimum Gasteiger partial charge on any atom is -0.497 e. The van der Waals surface area contributed by atoms with Crippen molar-refractivity contribution in [2.24, 2.45) is 0 Å². The third kappa shape index (κ3) is 3.12. The first-order valence-electron chi connectivity index (χ1n) is 6.61. The summed E-state index contributed by atoms with van der Waals surface area (Å²) in [6.07, 6.45) is 0. The summed E-state index contributed by atoms with van der Waals surface area (Å²) in [6, 6.07) is 16.6. The van der Waals surface area contributed by atoms with Gasteiger partial charge in [0.25, 0.3) is 5.91 Å². The summed E-state index contributed by atoms with van der Waals surface area (Å²) in [4.78, 5) is 16.5. The van der Waals surface area contributed by atoms with Crippen molar-refractivity contribution in [3.8, 4) is 16.3 Å². The van der Waals surface area contributed by atoms with Gasteiger partial charge in [-0.2, -0.15) is 9.36 Å². The Hall–Kier alpha value is -2.73. The fourth-order valence-corrected chi connectivity index (χ4v) is 2.54. The number of carbonyl (C=O) groups excluding carboxylic acids is 1. The molecular weight excluding hydrogens is 298 g/mol. The maximum Gasteiger partial charge on any atom is 0.258 e. The minimum absolute atomic E-state index is 0.267. The standard InChI is InChI=1S/C16H13N3O2S/c1-21-13-9-5-8-12(10-13)14(20)17-16-18-15(22-19-16)11-6-3-2-4-7-11/h2-10H,1H3,(H,17,19,20). The molecule has 6 heteroatoms. The summed E-state index contributed by atoms with van der Waals surface area (Å²) in [7, 11) is 1.56. The number of rotatable bonds is 4. The summed E-state index contributed by atoms with van der Waals surface area (Å²) in [5.41, 5.74) is 1.47. The first kappa shape index (κ1) is 14.2. The molecule has 1 heterocycles. The highest BCUT2D eigenvalue weighted by Crippen LogP contribution is 2.23. The van der Waals surface area contributed by atoms with Crippen LogP contribution in [0.25, 0.3) is 10.6 Å². The van der Waals surface area contributed by atoms with E-state index >= 15 is 0 Å². The second-order valence-corrected chi connectivity index (χ2v) is 5.23. The average molecular weight is 311 g/mol. The number of anilines is 1. The molecule has 1 aromatic heterocycles. The molecule has 0 fully saturated rings. The predicted octanol–water partition coefficient (Wildman–Crippen LogP) is 3.47. The number of hydrogen-bond donors (Lipinski definition) is 1. The molecule has 0 spiro atoms. The van der Waals surface area contributed by atoms with Gasteiger partial charge < -0.3 is 4.74 Å². The van der Waals surface area contributed by atoms with Crippen LogP contribution in [0.15, 0.2) is 54.6 Å². The smallest absolute Gasteiger partial charge is 0.258 e. The van der Waals surface area contributed by atoms with Gasteiger partial charge in [0.05, 0.1) is 7.11 Å². The molecule has 0 saturated carbocycles. The van der Waals surface area contributed by atoms with Crippen LogP contribution in [0.3, 0.4) is 0 Å². The molecule has 5 nitrogen and oxygen atoms in total. The highest BCUT2D eigenvalue weighted by molar-refractivity contribution is 7.09. The second-order valence-electron chi connectivity index (χ2n) is 4.48. The Morgan fingerprint density at radius 1 is 1.14 bits per heavy atom. The van der Waals surface area contributed by atoms with Crippen LogP contribution in [0.5, 0.6) is 5.75 Å². The van der Waals surface area contributed by atoms with E-state index in [1.54, 1.807) is 31.4 Å². The van der Waals surface area contributed by atoms with Crippen molar-refractivity contribution in [2.75, 3.05) is 12.4 Å². The number of ether oxygens (including phenoxy) is 1. The third-order valence-corrected chi connectivity index (χ3v) is 3.77. The summed E-state index contributed by atoms with van der Waals surface area (Å²) >= 11 is 1.25. The van der Waals surface area contributed by atoms with E-state index in [2.05, 4.69) is 14.7 Å². The van der Waals surface area contributed by atoms with E-state index < -0.39 is 0 Å². The number of nitrogens with one attached hydrogen (secondary N) is 1. The Morgan fingerprint density at radius 3 is 2.73 bits per heavy atom. The number of nitrogens with zero attached hydrogens (tertiary/aromatic N) is 2. The van der Waals surface area contributed by atoms with Crippen LogP contribution in [0.2, 0.25) is 0 Å². The molecule has 1 amide bonds. The minimum atomic E-state index is -0.267. The lowest BCUT2D eigenvalue weighted by Gasteiger charge is -2.03. The SMILES string of the molecule is COc1cccc(C(=O)Nc2nsc(-c3ccccc3)n2)c1. The van der Waals surface area contributed by atoms with Gasteiger partial charge >= 0.3 is 0 Å². The van der Waals surface area contributed by atoms with Gasteiger partial charge in [-0.15, -0.1) is 0 Å². The number of hydrogen-bond acceptors (Lipinski definition) is 5. The molecule has 0 radical (unpaired) electrons. The van der Waals surface area contributed by atoms with Crippen molar-refractivity contribution < 1.29 is 9.53 Å². The first-order chi connectivity index (χ1) is 10.8. The molecule has 22 heavy (non-hydrogen) atoms. The summed E-state index contributed by atoms with van der Waals surface area (Å²) in [6.45, 7) is 0. The van der Waals surface area contributed by atoms with Gasteiger partial charge in [-0.05, 0) is 29.7 Å². The number of carbonyl (C=O) groups is 1. The molecule has 0 saturated heterocycles.